The molecule has 0 bridgehead atoms. The molecule has 0 spiro atoms. The SMILES string of the molecule is CC(C)(C)c1ccccc1S(=O)(=O)N[C@@H](CNC(=O)c1cc(N2CCC(Nc3ncccn3)CC2)ccc1F)C(=O)O. The second kappa shape index (κ2) is 12.8. The highest BCUT2D eigenvalue weighted by Gasteiger charge is 2.30. The minimum Gasteiger partial charge on any atom is -0.480 e. The Labute approximate surface area is 244 Å². The third-order valence-electron chi connectivity index (χ3n) is 7.00. The van der Waals surface area contributed by atoms with Crippen LogP contribution in [0, 0.1) is 5.82 Å². The molecule has 0 unspecified atom stereocenters. The van der Waals surface area contributed by atoms with Gasteiger partial charge in [-0.1, -0.05) is 39.0 Å². The average molecular weight is 599 g/mol. The van der Waals surface area contributed by atoms with Crippen LogP contribution in [-0.4, -0.2) is 67.1 Å². The number of carbonyl (C=O) groups excluding carboxylic acids is 1. The predicted molar refractivity (Wildman–Crippen MR) is 157 cm³/mol. The molecule has 1 saturated heterocycles. The number of piperidine rings is 1. The van der Waals surface area contributed by atoms with Gasteiger partial charge in [0.15, 0.2) is 0 Å². The van der Waals surface area contributed by atoms with Crippen LogP contribution in [-0.2, 0) is 20.2 Å². The van der Waals surface area contributed by atoms with Gasteiger partial charge in [0.1, 0.15) is 11.9 Å². The summed E-state index contributed by atoms with van der Waals surface area (Å²) in [4.78, 5) is 35.2. The number of aliphatic carboxylic acids is 1. The molecular weight excluding hydrogens is 563 g/mol. The van der Waals surface area contributed by atoms with Crippen molar-refractivity contribution in [3.63, 3.8) is 0 Å². The van der Waals surface area contributed by atoms with Gasteiger partial charge in [0.05, 0.1) is 10.5 Å². The van der Waals surface area contributed by atoms with Crippen molar-refractivity contribution < 1.29 is 27.5 Å². The summed E-state index contributed by atoms with van der Waals surface area (Å²) < 4.78 is 43.2. The molecular formula is C29H35FN6O5S. The molecule has 3 aromatic rings. The van der Waals surface area contributed by atoms with Crippen LogP contribution in [0.1, 0.15) is 49.5 Å². The van der Waals surface area contributed by atoms with Crippen molar-refractivity contribution in [2.45, 2.75) is 56.0 Å². The summed E-state index contributed by atoms with van der Waals surface area (Å²) in [5.74, 6) is -2.57. The number of hydrogen-bond acceptors (Lipinski definition) is 8. The molecule has 1 atom stereocenters. The summed E-state index contributed by atoms with van der Waals surface area (Å²) >= 11 is 0. The Bertz CT molecular complexity index is 1520. The lowest BCUT2D eigenvalue weighted by Crippen LogP contribution is -2.48. The van der Waals surface area contributed by atoms with Gasteiger partial charge in [0.2, 0.25) is 16.0 Å². The number of nitrogens with zero attached hydrogens (tertiary/aromatic N) is 3. The van der Waals surface area contributed by atoms with Crippen LogP contribution in [0.5, 0.6) is 0 Å². The van der Waals surface area contributed by atoms with E-state index in [0.29, 0.717) is 30.3 Å². The van der Waals surface area contributed by atoms with Gasteiger partial charge >= 0.3 is 5.97 Å². The Kier molecular flexibility index (Phi) is 9.42. The molecule has 4 rings (SSSR count). The van der Waals surface area contributed by atoms with Crippen LogP contribution < -0.4 is 20.3 Å². The van der Waals surface area contributed by atoms with E-state index in [1.807, 2.05) is 25.7 Å². The van der Waals surface area contributed by atoms with Crippen molar-refractivity contribution in [1.29, 1.82) is 0 Å². The van der Waals surface area contributed by atoms with Gasteiger partial charge in [-0.3, -0.25) is 9.59 Å². The van der Waals surface area contributed by atoms with Crippen molar-refractivity contribution in [2.75, 3.05) is 29.9 Å². The van der Waals surface area contributed by atoms with E-state index in [9.17, 15) is 27.5 Å². The van der Waals surface area contributed by atoms with Gasteiger partial charge in [-0.2, -0.15) is 4.72 Å². The van der Waals surface area contributed by atoms with Gasteiger partial charge in [-0.25, -0.2) is 22.8 Å². The summed E-state index contributed by atoms with van der Waals surface area (Å²) in [7, 11) is -4.26. The second-order valence-electron chi connectivity index (χ2n) is 11.1. The Hall–Kier alpha value is -4.10. The molecule has 1 aliphatic heterocycles. The highest BCUT2D eigenvalue weighted by molar-refractivity contribution is 7.89. The largest absolute Gasteiger partial charge is 0.480 e. The van der Waals surface area contributed by atoms with Gasteiger partial charge < -0.3 is 20.6 Å². The maximum absolute atomic E-state index is 14.7. The van der Waals surface area contributed by atoms with E-state index in [1.54, 1.807) is 42.7 Å². The monoisotopic (exact) mass is 598 g/mol. The van der Waals surface area contributed by atoms with Gasteiger partial charge in [0.25, 0.3) is 5.91 Å². The second-order valence-corrected chi connectivity index (χ2v) is 12.8. The fourth-order valence-corrected chi connectivity index (χ4v) is 6.37. The molecule has 1 aliphatic rings. The zero-order chi connectivity index (χ0) is 30.5. The summed E-state index contributed by atoms with van der Waals surface area (Å²) in [5.41, 5.74) is 0.363. The first-order chi connectivity index (χ1) is 19.8. The van der Waals surface area contributed by atoms with E-state index in [2.05, 4.69) is 25.3 Å². The molecule has 0 saturated carbocycles. The average Bonchev–Trinajstić information content (AvgIpc) is 2.96. The van der Waals surface area contributed by atoms with E-state index < -0.39 is 45.7 Å². The molecule has 0 aliphatic carbocycles. The third-order valence-corrected chi connectivity index (χ3v) is 8.53. The number of carbonyl (C=O) groups is 2. The third kappa shape index (κ3) is 7.59. The van der Waals surface area contributed by atoms with E-state index in [0.717, 1.165) is 12.8 Å². The Balaban J connectivity index is 1.40. The Morgan fingerprint density at radius 2 is 1.74 bits per heavy atom. The zero-order valence-corrected chi connectivity index (χ0v) is 24.5. The molecule has 1 aromatic heterocycles. The minimum atomic E-state index is -4.26. The van der Waals surface area contributed by atoms with Crippen molar-refractivity contribution in [3.05, 3.63) is 77.9 Å². The number of anilines is 2. The van der Waals surface area contributed by atoms with Crippen molar-refractivity contribution in [2.24, 2.45) is 0 Å². The van der Waals surface area contributed by atoms with E-state index >= 15 is 0 Å². The van der Waals surface area contributed by atoms with Crippen molar-refractivity contribution in [3.8, 4) is 0 Å². The van der Waals surface area contributed by atoms with Crippen LogP contribution in [0.3, 0.4) is 0 Å². The Morgan fingerprint density at radius 3 is 2.38 bits per heavy atom. The number of nitrogens with one attached hydrogen (secondary N) is 3. The molecule has 0 radical (unpaired) electrons. The van der Waals surface area contributed by atoms with Crippen LogP contribution in [0.15, 0.2) is 65.8 Å². The van der Waals surface area contributed by atoms with Crippen molar-refractivity contribution >= 4 is 33.5 Å². The standard InChI is InChI=1S/C29H35FN6O5S/c1-29(2,3)22-7-4-5-8-25(22)42(40,41)35-24(27(38)39)18-33-26(37)21-17-20(9-10-23(21)30)36-15-11-19(12-16-36)34-28-31-13-6-14-32-28/h4-10,13-14,17,19,24,35H,11-12,15-16,18H2,1-3H3,(H,33,37)(H,38,39)(H,31,32,34)/t24-/m0/s1. The summed E-state index contributed by atoms with van der Waals surface area (Å²) in [6, 6.07) is 10.7. The molecule has 42 heavy (non-hydrogen) atoms. The zero-order valence-electron chi connectivity index (χ0n) is 23.7. The fraction of sp³-hybridized carbons (Fsp3) is 0.379. The number of amides is 1. The highest BCUT2D eigenvalue weighted by atomic mass is 32.2. The van der Waals surface area contributed by atoms with E-state index in [-0.39, 0.29) is 16.5 Å². The van der Waals surface area contributed by atoms with E-state index in [1.165, 1.54) is 18.2 Å². The lowest BCUT2D eigenvalue weighted by atomic mass is 9.87. The normalized spacial score (nSPS) is 15.2. The quantitative estimate of drug-likeness (QED) is 0.276. The lowest BCUT2D eigenvalue weighted by Gasteiger charge is -2.34. The topological polar surface area (TPSA) is 154 Å². The highest BCUT2D eigenvalue weighted by Crippen LogP contribution is 2.29. The minimum absolute atomic E-state index is 0.0518. The number of sulfonamides is 1. The first-order valence-electron chi connectivity index (χ1n) is 13.6. The number of benzene rings is 2. The van der Waals surface area contributed by atoms with Crippen LogP contribution >= 0.6 is 0 Å². The van der Waals surface area contributed by atoms with Crippen LogP contribution in [0.2, 0.25) is 0 Å². The number of carboxylic acids is 1. The van der Waals surface area contributed by atoms with Crippen LogP contribution in [0.4, 0.5) is 16.0 Å². The summed E-state index contributed by atoms with van der Waals surface area (Å²) in [6.45, 7) is 6.24. The number of aromatic nitrogens is 2. The molecule has 13 heteroatoms. The molecule has 1 fully saturated rings. The number of carboxylic acid groups (broad SMARTS) is 1. The first-order valence-corrected chi connectivity index (χ1v) is 15.0. The lowest BCUT2D eigenvalue weighted by molar-refractivity contribution is -0.138. The number of hydrogen-bond donors (Lipinski definition) is 4. The van der Waals surface area contributed by atoms with Gasteiger partial charge in [0, 0.05) is 43.8 Å². The molecule has 1 amide bonds. The maximum Gasteiger partial charge on any atom is 0.323 e. The Morgan fingerprint density at radius 1 is 1.07 bits per heavy atom. The van der Waals surface area contributed by atoms with E-state index in [4.69, 9.17) is 0 Å². The molecule has 2 aromatic carbocycles. The van der Waals surface area contributed by atoms with Crippen molar-refractivity contribution in [1.82, 2.24) is 20.0 Å². The number of rotatable bonds is 10. The smallest absolute Gasteiger partial charge is 0.323 e. The van der Waals surface area contributed by atoms with Crippen LogP contribution in [0.25, 0.3) is 0 Å². The maximum atomic E-state index is 14.7. The first kappa shape index (κ1) is 30.8. The molecule has 2 heterocycles. The van der Waals surface area contributed by atoms with Gasteiger partial charge in [-0.15, -0.1) is 0 Å². The molecule has 11 nitrogen and oxygen atoms in total. The fourth-order valence-electron chi connectivity index (χ4n) is 4.76. The molecule has 224 valence electrons. The molecule has 4 N–H and O–H groups in total. The summed E-state index contributed by atoms with van der Waals surface area (Å²) in [5, 5.41) is 15.4. The summed E-state index contributed by atoms with van der Waals surface area (Å²) in [6.07, 6.45) is 4.87. The van der Waals surface area contributed by atoms with Gasteiger partial charge in [-0.05, 0) is 54.2 Å². The predicted octanol–water partition coefficient (Wildman–Crippen LogP) is 3.16. The number of halogens is 1.